The summed E-state index contributed by atoms with van der Waals surface area (Å²) in [4.78, 5) is -1.03. The van der Waals surface area contributed by atoms with Crippen molar-refractivity contribution in [2.75, 3.05) is 0 Å². The SMILES string of the molecule is O=S(=O)(O)c1cccc(N=Nc2ccc(N=Nc3c(S(=O)(=O)O)cc4ccccc4c3O)c(O)c2)c1. The smallest absolute Gasteiger partial charge is 0.296 e. The molecule has 0 fully saturated rings. The lowest BCUT2D eigenvalue weighted by atomic mass is 10.1. The highest BCUT2D eigenvalue weighted by molar-refractivity contribution is 7.86. The molecule has 0 saturated carbocycles. The number of hydrogen-bond donors (Lipinski definition) is 4. The van der Waals surface area contributed by atoms with Gasteiger partial charge in [-0.1, -0.05) is 30.3 Å². The van der Waals surface area contributed by atoms with Crippen LogP contribution in [0.3, 0.4) is 0 Å². The van der Waals surface area contributed by atoms with Crippen LogP contribution in [-0.2, 0) is 20.2 Å². The molecule has 36 heavy (non-hydrogen) atoms. The lowest BCUT2D eigenvalue weighted by Gasteiger charge is -2.08. The lowest BCUT2D eigenvalue weighted by Crippen LogP contribution is -1.99. The van der Waals surface area contributed by atoms with Gasteiger partial charge in [-0.2, -0.15) is 27.1 Å². The number of nitrogens with zero attached hydrogens (tertiary/aromatic N) is 4. The molecule has 0 bridgehead atoms. The zero-order valence-electron chi connectivity index (χ0n) is 18.0. The Kier molecular flexibility index (Phi) is 6.51. The highest BCUT2D eigenvalue weighted by atomic mass is 32.2. The van der Waals surface area contributed by atoms with Crippen molar-refractivity contribution in [3.05, 3.63) is 72.8 Å². The Balaban J connectivity index is 1.66. The van der Waals surface area contributed by atoms with E-state index in [0.717, 1.165) is 18.2 Å². The summed E-state index contributed by atoms with van der Waals surface area (Å²) in [5.41, 5.74) is -0.358. The molecule has 4 aromatic carbocycles. The quantitative estimate of drug-likeness (QED) is 0.184. The van der Waals surface area contributed by atoms with E-state index >= 15 is 0 Å². The Morgan fingerprint density at radius 3 is 2.00 bits per heavy atom. The third kappa shape index (κ3) is 5.36. The summed E-state index contributed by atoms with van der Waals surface area (Å²) in [7, 11) is -9.18. The largest absolute Gasteiger partial charge is 0.506 e. The van der Waals surface area contributed by atoms with Crippen molar-refractivity contribution >= 4 is 53.8 Å². The van der Waals surface area contributed by atoms with Crippen molar-refractivity contribution in [2.24, 2.45) is 20.5 Å². The van der Waals surface area contributed by atoms with E-state index in [-0.39, 0.29) is 27.3 Å². The molecule has 0 unspecified atom stereocenters. The predicted octanol–water partition coefficient (Wildman–Crippen LogP) is 5.58. The second-order valence-electron chi connectivity index (χ2n) is 7.31. The molecule has 0 heterocycles. The number of phenolic OH excluding ortho intramolecular Hbond substituents is 2. The molecule has 4 aromatic rings. The molecule has 0 saturated heterocycles. The van der Waals surface area contributed by atoms with E-state index < -0.39 is 42.3 Å². The first-order chi connectivity index (χ1) is 16.9. The molecule has 0 aromatic heterocycles. The van der Waals surface area contributed by atoms with Gasteiger partial charge in [0.25, 0.3) is 20.2 Å². The van der Waals surface area contributed by atoms with Gasteiger partial charge in [-0.25, -0.2) is 0 Å². The third-order valence-electron chi connectivity index (χ3n) is 4.85. The van der Waals surface area contributed by atoms with E-state index in [0.29, 0.717) is 5.39 Å². The van der Waals surface area contributed by atoms with E-state index in [2.05, 4.69) is 20.5 Å². The molecule has 12 nitrogen and oxygen atoms in total. The van der Waals surface area contributed by atoms with Crippen molar-refractivity contribution in [1.82, 2.24) is 0 Å². The maximum absolute atomic E-state index is 11.9. The first kappa shape index (κ1) is 24.9. The summed E-state index contributed by atoms with van der Waals surface area (Å²) in [6, 6.07) is 16.4. The Bertz CT molecular complexity index is 1770. The lowest BCUT2D eigenvalue weighted by molar-refractivity contribution is 0.471. The number of hydrogen-bond acceptors (Lipinski definition) is 10. The minimum Gasteiger partial charge on any atom is -0.506 e. The van der Waals surface area contributed by atoms with Gasteiger partial charge in [-0.3, -0.25) is 9.11 Å². The minimum atomic E-state index is -4.77. The van der Waals surface area contributed by atoms with Crippen LogP contribution < -0.4 is 0 Å². The molecule has 0 amide bonds. The third-order valence-corrected chi connectivity index (χ3v) is 6.57. The maximum Gasteiger partial charge on any atom is 0.296 e. The van der Waals surface area contributed by atoms with Crippen LogP contribution in [0.2, 0.25) is 0 Å². The molecule has 0 atom stereocenters. The molecule has 0 aliphatic carbocycles. The first-order valence-electron chi connectivity index (χ1n) is 9.90. The zero-order chi connectivity index (χ0) is 26.1. The first-order valence-corrected chi connectivity index (χ1v) is 12.8. The molecule has 4 rings (SSSR count). The number of aromatic hydroxyl groups is 2. The van der Waals surface area contributed by atoms with Gasteiger partial charge < -0.3 is 10.2 Å². The van der Waals surface area contributed by atoms with Crippen LogP contribution in [0, 0.1) is 0 Å². The second-order valence-corrected chi connectivity index (χ2v) is 10.1. The van der Waals surface area contributed by atoms with Gasteiger partial charge in [-0.05, 0) is 41.8 Å². The summed E-state index contributed by atoms with van der Waals surface area (Å²) in [6.07, 6.45) is 0. The predicted molar refractivity (Wildman–Crippen MR) is 128 cm³/mol. The molecule has 14 heteroatoms. The summed E-state index contributed by atoms with van der Waals surface area (Å²) >= 11 is 0. The van der Waals surface area contributed by atoms with Gasteiger partial charge in [0.15, 0.2) is 5.75 Å². The van der Waals surface area contributed by atoms with Crippen molar-refractivity contribution in [3.8, 4) is 11.5 Å². The average molecular weight is 529 g/mol. The number of azo groups is 2. The molecule has 0 radical (unpaired) electrons. The molecular formula is C22H16N4O8S2. The summed E-state index contributed by atoms with van der Waals surface area (Å²) in [5, 5.41) is 36.7. The number of benzene rings is 4. The van der Waals surface area contributed by atoms with Crippen LogP contribution in [0.25, 0.3) is 10.8 Å². The van der Waals surface area contributed by atoms with Gasteiger partial charge in [0.1, 0.15) is 22.0 Å². The fourth-order valence-corrected chi connectivity index (χ4v) is 4.35. The standard InChI is InChI=1S/C22H16N4O8S2/c27-19-12-15(24-23-14-5-3-6-16(11-14)35(29,30)31)8-9-18(19)25-26-21-20(36(32,33)34)10-13-4-1-2-7-17(13)22(21)28/h1-12,27-28H,(H,29,30,31)(H,32,33,34). The molecule has 0 spiro atoms. The normalized spacial score (nSPS) is 12.6. The maximum atomic E-state index is 11.9. The van der Waals surface area contributed by atoms with E-state index in [1.807, 2.05) is 0 Å². The number of phenols is 2. The summed E-state index contributed by atoms with van der Waals surface area (Å²) in [6.45, 7) is 0. The van der Waals surface area contributed by atoms with Crippen molar-refractivity contribution in [1.29, 1.82) is 0 Å². The van der Waals surface area contributed by atoms with Crippen LogP contribution in [-0.4, -0.2) is 36.2 Å². The van der Waals surface area contributed by atoms with Gasteiger partial charge in [0, 0.05) is 11.5 Å². The Morgan fingerprint density at radius 2 is 1.33 bits per heavy atom. The fraction of sp³-hybridized carbons (Fsp3) is 0. The zero-order valence-corrected chi connectivity index (χ0v) is 19.6. The monoisotopic (exact) mass is 528 g/mol. The highest BCUT2D eigenvalue weighted by Crippen LogP contribution is 2.42. The van der Waals surface area contributed by atoms with Crippen LogP contribution in [0.4, 0.5) is 22.7 Å². The van der Waals surface area contributed by atoms with E-state index in [1.54, 1.807) is 18.2 Å². The van der Waals surface area contributed by atoms with Gasteiger partial charge >= 0.3 is 0 Å². The van der Waals surface area contributed by atoms with Crippen LogP contribution in [0.5, 0.6) is 11.5 Å². The topological polar surface area (TPSA) is 199 Å². The average Bonchev–Trinajstić information content (AvgIpc) is 2.82. The van der Waals surface area contributed by atoms with Crippen LogP contribution in [0.1, 0.15) is 0 Å². The molecule has 4 N–H and O–H groups in total. The van der Waals surface area contributed by atoms with Crippen LogP contribution in [0.15, 0.2) is 103 Å². The van der Waals surface area contributed by atoms with E-state index in [1.165, 1.54) is 36.4 Å². The fourth-order valence-electron chi connectivity index (χ4n) is 3.17. The number of fused-ring (bicyclic) bond motifs is 1. The van der Waals surface area contributed by atoms with E-state index in [4.69, 9.17) is 4.55 Å². The molecular weight excluding hydrogens is 512 g/mol. The van der Waals surface area contributed by atoms with Gasteiger partial charge in [-0.15, -0.1) is 10.2 Å². The number of rotatable bonds is 6. The van der Waals surface area contributed by atoms with Crippen LogP contribution >= 0.6 is 0 Å². The van der Waals surface area contributed by atoms with E-state index in [9.17, 15) is 31.6 Å². The van der Waals surface area contributed by atoms with Crippen molar-refractivity contribution in [3.63, 3.8) is 0 Å². The van der Waals surface area contributed by atoms with Gasteiger partial charge in [0.2, 0.25) is 0 Å². The molecule has 0 aliphatic rings. The Labute approximate surface area is 204 Å². The summed E-state index contributed by atoms with van der Waals surface area (Å²) < 4.78 is 64.9. The summed E-state index contributed by atoms with van der Waals surface area (Å²) in [5.74, 6) is -0.947. The van der Waals surface area contributed by atoms with Crippen molar-refractivity contribution < 1.29 is 36.2 Å². The molecule has 0 aliphatic heterocycles. The minimum absolute atomic E-state index is 0.115. The van der Waals surface area contributed by atoms with Gasteiger partial charge in [0.05, 0.1) is 16.3 Å². The molecule has 184 valence electrons. The second kappa shape index (κ2) is 9.43. The Hall–Kier alpha value is -4.24. The Morgan fingerprint density at radius 1 is 0.639 bits per heavy atom. The van der Waals surface area contributed by atoms with Crippen molar-refractivity contribution in [2.45, 2.75) is 9.79 Å². The highest BCUT2D eigenvalue weighted by Gasteiger charge is 2.22.